The second-order valence-corrected chi connectivity index (χ2v) is 4.15. The van der Waals surface area contributed by atoms with Crippen LogP contribution in [0.15, 0.2) is 0 Å². The molecular weight excluding hydrogens is 208 g/mol. The van der Waals surface area contributed by atoms with Crippen molar-refractivity contribution in [3.05, 3.63) is 0 Å². The number of halogens is 1. The van der Waals surface area contributed by atoms with Crippen molar-refractivity contribution in [3.63, 3.8) is 0 Å². The molecule has 3 heteroatoms. The zero-order chi connectivity index (χ0) is 7.90. The van der Waals surface area contributed by atoms with E-state index in [9.17, 15) is 4.79 Å². The van der Waals surface area contributed by atoms with Gasteiger partial charge in [-0.05, 0) is 25.7 Å². The summed E-state index contributed by atoms with van der Waals surface area (Å²) >= 11 is 3.32. The summed E-state index contributed by atoms with van der Waals surface area (Å²) in [6.45, 7) is 0. The van der Waals surface area contributed by atoms with Crippen LogP contribution in [0.2, 0.25) is 0 Å². The number of alkyl halides is 1. The summed E-state index contributed by atoms with van der Waals surface area (Å²) in [6.07, 6.45) is 4.33. The van der Waals surface area contributed by atoms with E-state index in [1.165, 1.54) is 0 Å². The van der Waals surface area contributed by atoms with E-state index in [4.69, 9.17) is 4.74 Å². The molecule has 1 saturated heterocycles. The van der Waals surface area contributed by atoms with Crippen LogP contribution in [0.3, 0.4) is 0 Å². The van der Waals surface area contributed by atoms with Crippen molar-refractivity contribution >= 4 is 21.9 Å². The Morgan fingerprint density at radius 1 is 1.55 bits per heavy atom. The summed E-state index contributed by atoms with van der Waals surface area (Å²) in [6, 6.07) is 0. The van der Waals surface area contributed by atoms with Crippen molar-refractivity contribution in [1.29, 1.82) is 0 Å². The van der Waals surface area contributed by atoms with Crippen LogP contribution in [0.1, 0.15) is 25.7 Å². The highest BCUT2D eigenvalue weighted by Gasteiger charge is 2.53. The van der Waals surface area contributed by atoms with Crippen LogP contribution < -0.4 is 0 Å². The van der Waals surface area contributed by atoms with Gasteiger partial charge in [0, 0.05) is 5.33 Å². The monoisotopic (exact) mass is 218 g/mol. The molecule has 0 amide bonds. The maximum Gasteiger partial charge on any atom is 0.312 e. The second-order valence-electron chi connectivity index (χ2n) is 3.50. The Hall–Kier alpha value is -0.0500. The second kappa shape index (κ2) is 2.47. The van der Waals surface area contributed by atoms with E-state index in [2.05, 4.69) is 15.9 Å². The van der Waals surface area contributed by atoms with Crippen molar-refractivity contribution in [2.45, 2.75) is 31.8 Å². The van der Waals surface area contributed by atoms with Crippen LogP contribution in [0.25, 0.3) is 0 Å². The average molecular weight is 219 g/mol. The van der Waals surface area contributed by atoms with E-state index in [1.54, 1.807) is 0 Å². The molecule has 1 spiro atoms. The van der Waals surface area contributed by atoms with Gasteiger partial charge in [0.2, 0.25) is 0 Å². The third-order valence-corrected chi connectivity index (χ3v) is 3.40. The summed E-state index contributed by atoms with van der Waals surface area (Å²) < 4.78 is 5.23. The average Bonchev–Trinajstić information content (AvgIpc) is 2.77. The number of hydrogen-bond donors (Lipinski definition) is 0. The molecule has 1 aliphatic heterocycles. The predicted molar refractivity (Wildman–Crippen MR) is 44.6 cm³/mol. The molecule has 2 aliphatic rings. The zero-order valence-electron chi connectivity index (χ0n) is 6.31. The molecule has 1 atom stereocenters. The van der Waals surface area contributed by atoms with Crippen LogP contribution in [-0.4, -0.2) is 17.4 Å². The summed E-state index contributed by atoms with van der Waals surface area (Å²) in [4.78, 5) is 11.3. The van der Waals surface area contributed by atoms with E-state index in [1.807, 2.05) is 0 Å². The largest absolute Gasteiger partial charge is 0.461 e. The highest BCUT2D eigenvalue weighted by Crippen LogP contribution is 2.53. The highest BCUT2D eigenvalue weighted by molar-refractivity contribution is 9.09. The first-order valence-corrected chi connectivity index (χ1v) is 5.16. The standard InChI is InChI=1S/C8H11BrO2/c9-5-6-1-2-8(3-4-8)7(10)11-6/h6H,1-5H2/t6-/m1/s1. The molecule has 62 valence electrons. The number of carbonyl (C=O) groups is 1. The van der Waals surface area contributed by atoms with E-state index >= 15 is 0 Å². The minimum absolute atomic E-state index is 0.0152. The van der Waals surface area contributed by atoms with Gasteiger partial charge in [-0.25, -0.2) is 0 Å². The van der Waals surface area contributed by atoms with Crippen molar-refractivity contribution in [2.75, 3.05) is 5.33 Å². The van der Waals surface area contributed by atoms with Crippen LogP contribution in [0.5, 0.6) is 0 Å². The fraction of sp³-hybridized carbons (Fsp3) is 0.875. The quantitative estimate of drug-likeness (QED) is 0.497. The SMILES string of the molecule is O=C1O[C@@H](CBr)CCC12CC2. The molecule has 2 rings (SSSR count). The van der Waals surface area contributed by atoms with E-state index in [0.717, 1.165) is 31.0 Å². The summed E-state index contributed by atoms with van der Waals surface area (Å²) in [5, 5.41) is 0.787. The maximum atomic E-state index is 11.3. The van der Waals surface area contributed by atoms with Crippen LogP contribution in [0.4, 0.5) is 0 Å². The van der Waals surface area contributed by atoms with Gasteiger partial charge in [0.15, 0.2) is 0 Å². The lowest BCUT2D eigenvalue weighted by Gasteiger charge is -2.26. The lowest BCUT2D eigenvalue weighted by molar-refractivity contribution is -0.160. The van der Waals surface area contributed by atoms with Gasteiger partial charge >= 0.3 is 5.97 Å². The smallest absolute Gasteiger partial charge is 0.312 e. The molecule has 2 fully saturated rings. The van der Waals surface area contributed by atoms with Crippen molar-refractivity contribution in [2.24, 2.45) is 5.41 Å². The number of hydrogen-bond acceptors (Lipinski definition) is 2. The van der Waals surface area contributed by atoms with Crippen LogP contribution in [-0.2, 0) is 9.53 Å². The number of cyclic esters (lactones) is 1. The molecular formula is C8H11BrO2. The van der Waals surface area contributed by atoms with E-state index in [0.29, 0.717) is 0 Å². The van der Waals surface area contributed by atoms with E-state index < -0.39 is 0 Å². The Morgan fingerprint density at radius 3 is 2.73 bits per heavy atom. The Morgan fingerprint density at radius 2 is 2.27 bits per heavy atom. The van der Waals surface area contributed by atoms with Crippen molar-refractivity contribution in [3.8, 4) is 0 Å². The summed E-state index contributed by atoms with van der Waals surface area (Å²) in [5.74, 6) is 0.0493. The van der Waals surface area contributed by atoms with Gasteiger partial charge < -0.3 is 4.74 Å². The van der Waals surface area contributed by atoms with E-state index in [-0.39, 0.29) is 17.5 Å². The number of ether oxygens (including phenoxy) is 1. The predicted octanol–water partition coefficient (Wildman–Crippen LogP) is 1.87. The molecule has 1 aliphatic carbocycles. The molecule has 0 bridgehead atoms. The molecule has 2 nitrogen and oxygen atoms in total. The molecule has 0 aromatic carbocycles. The Balaban J connectivity index is 2.00. The first kappa shape index (κ1) is 7.59. The van der Waals surface area contributed by atoms with Gasteiger partial charge in [0.05, 0.1) is 5.41 Å². The lowest BCUT2D eigenvalue weighted by Crippen LogP contribution is -2.33. The van der Waals surface area contributed by atoms with Crippen molar-refractivity contribution < 1.29 is 9.53 Å². The van der Waals surface area contributed by atoms with Gasteiger partial charge in [-0.1, -0.05) is 15.9 Å². The lowest BCUT2D eigenvalue weighted by atomic mass is 9.95. The topological polar surface area (TPSA) is 26.3 Å². The number of esters is 1. The Kier molecular flexibility index (Phi) is 1.71. The van der Waals surface area contributed by atoms with Gasteiger partial charge in [0.25, 0.3) is 0 Å². The first-order valence-electron chi connectivity index (χ1n) is 4.04. The Labute approximate surface area is 74.4 Å². The summed E-state index contributed by atoms with van der Waals surface area (Å²) in [5.41, 5.74) is -0.0152. The molecule has 0 aromatic heterocycles. The highest BCUT2D eigenvalue weighted by atomic mass is 79.9. The minimum Gasteiger partial charge on any atom is -0.461 e. The third-order valence-electron chi connectivity index (χ3n) is 2.68. The zero-order valence-corrected chi connectivity index (χ0v) is 7.89. The minimum atomic E-state index is -0.0152. The van der Waals surface area contributed by atoms with Crippen LogP contribution >= 0.6 is 15.9 Å². The third kappa shape index (κ3) is 1.19. The molecule has 0 radical (unpaired) electrons. The molecule has 0 N–H and O–H groups in total. The fourth-order valence-electron chi connectivity index (χ4n) is 1.59. The van der Waals surface area contributed by atoms with Gasteiger partial charge in [0.1, 0.15) is 6.10 Å². The van der Waals surface area contributed by atoms with Gasteiger partial charge in [-0.3, -0.25) is 4.79 Å². The molecule has 1 heterocycles. The molecule has 0 unspecified atom stereocenters. The Bertz CT molecular complexity index is 187. The fourth-order valence-corrected chi connectivity index (χ4v) is 2.04. The number of carbonyl (C=O) groups excluding carboxylic acids is 1. The molecule has 1 saturated carbocycles. The van der Waals surface area contributed by atoms with Crippen LogP contribution in [0, 0.1) is 5.41 Å². The number of rotatable bonds is 1. The van der Waals surface area contributed by atoms with Gasteiger partial charge in [-0.2, -0.15) is 0 Å². The van der Waals surface area contributed by atoms with Crippen molar-refractivity contribution in [1.82, 2.24) is 0 Å². The molecule has 11 heavy (non-hydrogen) atoms. The summed E-state index contributed by atoms with van der Waals surface area (Å²) in [7, 11) is 0. The first-order chi connectivity index (χ1) is 5.27. The maximum absolute atomic E-state index is 11.3. The normalized spacial score (nSPS) is 33.5. The van der Waals surface area contributed by atoms with Gasteiger partial charge in [-0.15, -0.1) is 0 Å². The molecule has 0 aromatic rings.